The zero-order valence-corrected chi connectivity index (χ0v) is 16.4. The predicted octanol–water partition coefficient (Wildman–Crippen LogP) is 2.77. The lowest BCUT2D eigenvalue weighted by atomic mass is 9.94. The Kier molecular flexibility index (Phi) is 5.81. The number of urea groups is 1. The van der Waals surface area contributed by atoms with E-state index in [2.05, 4.69) is 34.5 Å². The van der Waals surface area contributed by atoms with Gasteiger partial charge in [-0.2, -0.15) is 0 Å². The van der Waals surface area contributed by atoms with Crippen molar-refractivity contribution < 1.29 is 14.7 Å². The zero-order valence-electron chi connectivity index (χ0n) is 16.4. The SMILES string of the molecule is O=C(O)C1CCN(C(=O)N[C@@H]2CN(Cc3ccccc3)C[C@H]2c2ccccc2)C1. The summed E-state index contributed by atoms with van der Waals surface area (Å²) >= 11 is 0. The summed E-state index contributed by atoms with van der Waals surface area (Å²) in [6.07, 6.45) is 0.523. The van der Waals surface area contributed by atoms with Gasteiger partial charge in [0.2, 0.25) is 0 Å². The van der Waals surface area contributed by atoms with Crippen molar-refractivity contribution in [2.45, 2.75) is 24.9 Å². The van der Waals surface area contributed by atoms with Crippen LogP contribution in [0, 0.1) is 5.92 Å². The molecule has 2 aliphatic rings. The number of amides is 2. The van der Waals surface area contributed by atoms with Gasteiger partial charge < -0.3 is 15.3 Å². The van der Waals surface area contributed by atoms with Crippen LogP contribution in [0.4, 0.5) is 4.79 Å². The number of carboxylic acids is 1. The van der Waals surface area contributed by atoms with E-state index in [-0.39, 0.29) is 24.5 Å². The molecule has 0 aromatic heterocycles. The van der Waals surface area contributed by atoms with Crippen LogP contribution in [0.5, 0.6) is 0 Å². The molecule has 0 spiro atoms. The molecule has 0 radical (unpaired) electrons. The van der Waals surface area contributed by atoms with Crippen LogP contribution in [-0.2, 0) is 11.3 Å². The fourth-order valence-corrected chi connectivity index (χ4v) is 4.44. The highest BCUT2D eigenvalue weighted by Gasteiger charge is 2.37. The minimum atomic E-state index is -0.822. The number of nitrogens with zero attached hydrogens (tertiary/aromatic N) is 2. The number of rotatable bonds is 5. The van der Waals surface area contributed by atoms with Crippen LogP contribution >= 0.6 is 0 Å². The first-order valence-corrected chi connectivity index (χ1v) is 10.2. The van der Waals surface area contributed by atoms with Gasteiger partial charge in [-0.15, -0.1) is 0 Å². The van der Waals surface area contributed by atoms with Crippen LogP contribution in [0.2, 0.25) is 0 Å². The summed E-state index contributed by atoms with van der Waals surface area (Å²) in [5.41, 5.74) is 2.48. The van der Waals surface area contributed by atoms with Crippen molar-refractivity contribution in [1.29, 1.82) is 0 Å². The van der Waals surface area contributed by atoms with E-state index in [1.165, 1.54) is 11.1 Å². The highest BCUT2D eigenvalue weighted by Crippen LogP contribution is 2.29. The van der Waals surface area contributed by atoms with Crippen molar-refractivity contribution in [2.75, 3.05) is 26.2 Å². The van der Waals surface area contributed by atoms with Crippen LogP contribution in [0.15, 0.2) is 60.7 Å². The lowest BCUT2D eigenvalue weighted by Crippen LogP contribution is -2.46. The number of likely N-dealkylation sites (tertiary alicyclic amines) is 2. The number of benzene rings is 2. The maximum Gasteiger partial charge on any atom is 0.317 e. The average Bonchev–Trinajstić information content (AvgIpc) is 3.37. The Morgan fingerprint density at radius 1 is 0.966 bits per heavy atom. The normalized spacial score (nSPS) is 24.6. The number of hydrogen-bond acceptors (Lipinski definition) is 3. The van der Waals surface area contributed by atoms with E-state index in [1.54, 1.807) is 4.90 Å². The quantitative estimate of drug-likeness (QED) is 0.819. The van der Waals surface area contributed by atoms with E-state index in [0.717, 1.165) is 19.6 Å². The van der Waals surface area contributed by atoms with E-state index < -0.39 is 11.9 Å². The second-order valence-corrected chi connectivity index (χ2v) is 8.02. The van der Waals surface area contributed by atoms with Crippen molar-refractivity contribution in [1.82, 2.24) is 15.1 Å². The van der Waals surface area contributed by atoms with Gasteiger partial charge in [-0.1, -0.05) is 60.7 Å². The molecule has 2 aliphatic heterocycles. The lowest BCUT2D eigenvalue weighted by Gasteiger charge is -2.24. The Bertz CT molecular complexity index is 843. The van der Waals surface area contributed by atoms with Crippen molar-refractivity contribution in [3.05, 3.63) is 71.8 Å². The molecule has 2 N–H and O–H groups in total. The van der Waals surface area contributed by atoms with Gasteiger partial charge in [-0.3, -0.25) is 9.69 Å². The summed E-state index contributed by atoms with van der Waals surface area (Å²) < 4.78 is 0. The Balaban J connectivity index is 1.45. The summed E-state index contributed by atoms with van der Waals surface area (Å²) in [5.74, 6) is -1.07. The maximum absolute atomic E-state index is 12.8. The van der Waals surface area contributed by atoms with Gasteiger partial charge >= 0.3 is 12.0 Å². The molecule has 6 heteroatoms. The highest BCUT2D eigenvalue weighted by molar-refractivity contribution is 5.77. The second kappa shape index (κ2) is 8.66. The van der Waals surface area contributed by atoms with Gasteiger partial charge in [0, 0.05) is 38.6 Å². The smallest absolute Gasteiger partial charge is 0.317 e. The molecule has 152 valence electrons. The van der Waals surface area contributed by atoms with Crippen LogP contribution in [-0.4, -0.2) is 59.1 Å². The molecule has 29 heavy (non-hydrogen) atoms. The van der Waals surface area contributed by atoms with Crippen molar-refractivity contribution >= 4 is 12.0 Å². The molecule has 2 saturated heterocycles. The van der Waals surface area contributed by atoms with Crippen LogP contribution < -0.4 is 5.32 Å². The Morgan fingerprint density at radius 3 is 2.31 bits per heavy atom. The van der Waals surface area contributed by atoms with Gasteiger partial charge in [0.15, 0.2) is 0 Å². The molecule has 1 unspecified atom stereocenters. The topological polar surface area (TPSA) is 72.9 Å². The minimum Gasteiger partial charge on any atom is -0.481 e. The van der Waals surface area contributed by atoms with Crippen LogP contribution in [0.25, 0.3) is 0 Å². The molecule has 2 amide bonds. The average molecular weight is 393 g/mol. The predicted molar refractivity (Wildman–Crippen MR) is 111 cm³/mol. The number of hydrogen-bond donors (Lipinski definition) is 2. The zero-order chi connectivity index (χ0) is 20.2. The first kappa shape index (κ1) is 19.5. The number of carbonyl (C=O) groups excluding carboxylic acids is 1. The Morgan fingerprint density at radius 2 is 1.66 bits per heavy atom. The summed E-state index contributed by atoms with van der Waals surface area (Å²) in [6, 6.07) is 20.5. The molecular formula is C23H27N3O3. The summed E-state index contributed by atoms with van der Waals surface area (Å²) in [7, 11) is 0. The molecule has 0 aliphatic carbocycles. The fourth-order valence-electron chi connectivity index (χ4n) is 4.44. The first-order valence-electron chi connectivity index (χ1n) is 10.2. The summed E-state index contributed by atoms with van der Waals surface area (Å²) in [6.45, 7) is 3.29. The molecule has 6 nitrogen and oxygen atoms in total. The standard InChI is InChI=1S/C23H27N3O3/c27-22(28)19-11-12-26(14-19)23(29)24-21-16-25(13-17-7-3-1-4-8-17)15-20(21)18-9-5-2-6-10-18/h1-10,19-21H,11-16H2,(H,24,29)(H,27,28)/t19?,20-,21+/m0/s1. The minimum absolute atomic E-state index is 0.00232. The molecule has 3 atom stereocenters. The van der Waals surface area contributed by atoms with Crippen molar-refractivity contribution in [3.8, 4) is 0 Å². The van der Waals surface area contributed by atoms with Crippen molar-refractivity contribution in [2.24, 2.45) is 5.92 Å². The second-order valence-electron chi connectivity index (χ2n) is 8.02. The molecule has 4 rings (SSSR count). The Labute approximate surface area is 171 Å². The van der Waals surface area contributed by atoms with Crippen LogP contribution in [0.3, 0.4) is 0 Å². The third-order valence-electron chi connectivity index (χ3n) is 6.01. The maximum atomic E-state index is 12.8. The van der Waals surface area contributed by atoms with Gasteiger partial charge in [-0.05, 0) is 17.5 Å². The summed E-state index contributed by atoms with van der Waals surface area (Å²) in [4.78, 5) is 28.0. The number of carboxylic acid groups (broad SMARTS) is 1. The molecule has 2 fully saturated rings. The van der Waals surface area contributed by atoms with Gasteiger partial charge in [-0.25, -0.2) is 4.79 Å². The third kappa shape index (κ3) is 4.59. The first-order chi connectivity index (χ1) is 14.1. The molecule has 0 bridgehead atoms. The monoisotopic (exact) mass is 393 g/mol. The Hall–Kier alpha value is -2.86. The largest absolute Gasteiger partial charge is 0.481 e. The lowest BCUT2D eigenvalue weighted by molar-refractivity contribution is -0.141. The van der Waals surface area contributed by atoms with E-state index in [4.69, 9.17) is 0 Å². The van der Waals surface area contributed by atoms with E-state index in [1.807, 2.05) is 36.4 Å². The van der Waals surface area contributed by atoms with Gasteiger partial charge in [0.25, 0.3) is 0 Å². The van der Waals surface area contributed by atoms with Gasteiger partial charge in [0.05, 0.1) is 12.0 Å². The van der Waals surface area contributed by atoms with Crippen LogP contribution in [0.1, 0.15) is 23.5 Å². The van der Waals surface area contributed by atoms with Gasteiger partial charge in [0.1, 0.15) is 0 Å². The third-order valence-corrected chi connectivity index (χ3v) is 6.01. The van der Waals surface area contributed by atoms with Crippen molar-refractivity contribution in [3.63, 3.8) is 0 Å². The molecule has 2 aromatic carbocycles. The molecule has 2 aromatic rings. The van der Waals surface area contributed by atoms with E-state index in [0.29, 0.717) is 13.0 Å². The number of nitrogens with one attached hydrogen (secondary N) is 1. The number of aliphatic carboxylic acids is 1. The molecule has 0 saturated carbocycles. The molecular weight excluding hydrogens is 366 g/mol. The van der Waals surface area contributed by atoms with E-state index in [9.17, 15) is 14.7 Å². The highest BCUT2D eigenvalue weighted by atomic mass is 16.4. The fraction of sp³-hybridized carbons (Fsp3) is 0.391. The summed E-state index contributed by atoms with van der Waals surface area (Å²) in [5, 5.41) is 12.4. The molecule has 2 heterocycles. The van der Waals surface area contributed by atoms with E-state index >= 15 is 0 Å². The number of carbonyl (C=O) groups is 2.